The number of anilines is 2. The van der Waals surface area contributed by atoms with E-state index in [2.05, 4.69) is 26.1 Å². The molecule has 184 valence electrons. The molecule has 0 fully saturated rings. The quantitative estimate of drug-likeness (QED) is 0.536. The Morgan fingerprint density at radius 1 is 1.06 bits per heavy atom. The zero-order chi connectivity index (χ0) is 25.2. The minimum absolute atomic E-state index is 0.151. The number of fused-ring (bicyclic) bond motifs is 1. The number of rotatable bonds is 6. The molecule has 0 spiro atoms. The minimum Gasteiger partial charge on any atom is -0.476 e. The highest BCUT2D eigenvalue weighted by atomic mass is 32.2. The van der Waals surface area contributed by atoms with Crippen molar-refractivity contribution >= 4 is 27.3 Å². The molecular weight excluding hydrogens is 464 g/mol. The van der Waals surface area contributed by atoms with Gasteiger partial charge in [0.1, 0.15) is 5.75 Å². The van der Waals surface area contributed by atoms with Crippen molar-refractivity contribution in [2.75, 3.05) is 23.3 Å². The fourth-order valence-corrected chi connectivity index (χ4v) is 5.42. The van der Waals surface area contributed by atoms with Crippen LogP contribution in [0.15, 0.2) is 77.7 Å². The van der Waals surface area contributed by atoms with E-state index in [1.165, 1.54) is 4.31 Å². The number of amides is 1. The number of benzene rings is 3. The maximum absolute atomic E-state index is 13.7. The van der Waals surface area contributed by atoms with E-state index in [0.29, 0.717) is 23.7 Å². The van der Waals surface area contributed by atoms with Crippen LogP contribution in [0.25, 0.3) is 0 Å². The maximum atomic E-state index is 13.7. The van der Waals surface area contributed by atoms with E-state index >= 15 is 0 Å². The number of carbonyl (C=O) groups is 1. The Morgan fingerprint density at radius 2 is 1.80 bits per heavy atom. The van der Waals surface area contributed by atoms with Crippen LogP contribution in [0.5, 0.6) is 5.75 Å². The molecule has 35 heavy (non-hydrogen) atoms. The summed E-state index contributed by atoms with van der Waals surface area (Å²) in [5, 5.41) is 2.85. The van der Waals surface area contributed by atoms with Gasteiger partial charge in [-0.1, -0.05) is 57.2 Å². The second-order valence-corrected chi connectivity index (χ2v) is 11.4. The molecule has 0 saturated carbocycles. The van der Waals surface area contributed by atoms with Crippen LogP contribution in [0.4, 0.5) is 11.4 Å². The molecule has 3 aromatic carbocycles. The van der Waals surface area contributed by atoms with Gasteiger partial charge in [0.05, 0.1) is 23.7 Å². The standard InChI is InChI=1S/C27H30N2O5S/c1-27(2,3)20-13-14-24-23(16-20)29(35(31,32)22-11-6-5-7-12-22)17-25(34-24)26(30)28-21-10-8-9-19(15-21)18-33-4/h5-16,25H,17-18H2,1-4H3,(H,28,30). The Labute approximate surface area is 206 Å². The predicted octanol–water partition coefficient (Wildman–Crippen LogP) is 4.73. The van der Waals surface area contributed by atoms with Gasteiger partial charge >= 0.3 is 0 Å². The van der Waals surface area contributed by atoms with Crippen LogP contribution in [0.3, 0.4) is 0 Å². The van der Waals surface area contributed by atoms with E-state index in [-0.39, 0.29) is 16.9 Å². The topological polar surface area (TPSA) is 84.9 Å². The zero-order valence-corrected chi connectivity index (χ0v) is 21.1. The van der Waals surface area contributed by atoms with Gasteiger partial charge in [-0.2, -0.15) is 0 Å². The van der Waals surface area contributed by atoms with Gasteiger partial charge in [-0.15, -0.1) is 0 Å². The molecule has 0 aliphatic carbocycles. The van der Waals surface area contributed by atoms with Crippen molar-refractivity contribution < 1.29 is 22.7 Å². The second kappa shape index (κ2) is 9.71. The number of ether oxygens (including phenoxy) is 2. The second-order valence-electron chi connectivity index (χ2n) is 9.51. The first-order chi connectivity index (χ1) is 16.6. The van der Waals surface area contributed by atoms with Crippen LogP contribution in [-0.4, -0.2) is 34.1 Å². The number of methoxy groups -OCH3 is 1. The van der Waals surface area contributed by atoms with E-state index in [0.717, 1.165) is 11.1 Å². The fraction of sp³-hybridized carbons (Fsp3) is 0.296. The van der Waals surface area contributed by atoms with Crippen LogP contribution in [-0.2, 0) is 31.6 Å². The predicted molar refractivity (Wildman–Crippen MR) is 136 cm³/mol. The van der Waals surface area contributed by atoms with E-state index in [4.69, 9.17) is 9.47 Å². The number of nitrogens with one attached hydrogen (secondary N) is 1. The van der Waals surface area contributed by atoms with Gasteiger partial charge < -0.3 is 14.8 Å². The zero-order valence-electron chi connectivity index (χ0n) is 20.3. The van der Waals surface area contributed by atoms with Crippen molar-refractivity contribution in [3.8, 4) is 5.75 Å². The molecule has 0 bridgehead atoms. The average Bonchev–Trinajstić information content (AvgIpc) is 2.83. The molecule has 0 aromatic heterocycles. The van der Waals surface area contributed by atoms with Crippen molar-refractivity contribution in [2.24, 2.45) is 0 Å². The monoisotopic (exact) mass is 494 g/mol. The number of nitrogens with zero attached hydrogens (tertiary/aromatic N) is 1. The summed E-state index contributed by atoms with van der Waals surface area (Å²) in [6.07, 6.45) is -1.03. The molecule has 0 radical (unpaired) electrons. The van der Waals surface area contributed by atoms with Crippen LogP contribution in [0.1, 0.15) is 31.9 Å². The van der Waals surface area contributed by atoms with Gasteiger partial charge in [0.2, 0.25) is 0 Å². The van der Waals surface area contributed by atoms with Crippen LogP contribution < -0.4 is 14.4 Å². The summed E-state index contributed by atoms with van der Waals surface area (Å²) in [6.45, 7) is 6.44. The third kappa shape index (κ3) is 5.33. The summed E-state index contributed by atoms with van der Waals surface area (Å²) in [5.41, 5.74) is 2.68. The van der Waals surface area contributed by atoms with Crippen molar-refractivity contribution in [3.63, 3.8) is 0 Å². The summed E-state index contributed by atoms with van der Waals surface area (Å²) in [6, 6.07) is 21.0. The molecule has 1 atom stereocenters. The van der Waals surface area contributed by atoms with Gasteiger partial charge in [0.25, 0.3) is 15.9 Å². The SMILES string of the molecule is COCc1cccc(NC(=O)C2CN(S(=O)(=O)c3ccccc3)c3cc(C(C)(C)C)ccc3O2)c1. The number of carbonyl (C=O) groups excluding carboxylic acids is 1. The molecule has 7 nitrogen and oxygen atoms in total. The Balaban J connectivity index is 1.70. The molecular formula is C27H30N2O5S. The highest BCUT2D eigenvalue weighted by Crippen LogP contribution is 2.40. The van der Waals surface area contributed by atoms with E-state index in [1.807, 2.05) is 30.3 Å². The molecule has 1 amide bonds. The third-order valence-corrected chi connectivity index (χ3v) is 7.62. The molecule has 1 aliphatic heterocycles. The molecule has 0 saturated heterocycles. The minimum atomic E-state index is -3.93. The maximum Gasteiger partial charge on any atom is 0.267 e. The molecule has 4 rings (SSSR count). The Hall–Kier alpha value is -3.36. The first-order valence-electron chi connectivity index (χ1n) is 11.4. The summed E-state index contributed by atoms with van der Waals surface area (Å²) < 4.78 is 39.8. The summed E-state index contributed by atoms with van der Waals surface area (Å²) in [7, 11) is -2.33. The van der Waals surface area contributed by atoms with Gasteiger partial charge in [-0.05, 0) is 52.9 Å². The van der Waals surface area contributed by atoms with Crippen LogP contribution >= 0.6 is 0 Å². The van der Waals surface area contributed by atoms with Gasteiger partial charge in [0.15, 0.2) is 6.10 Å². The Kier molecular flexibility index (Phi) is 6.87. The highest BCUT2D eigenvalue weighted by molar-refractivity contribution is 7.92. The largest absolute Gasteiger partial charge is 0.476 e. The lowest BCUT2D eigenvalue weighted by Crippen LogP contribution is -2.49. The molecule has 8 heteroatoms. The van der Waals surface area contributed by atoms with Crippen molar-refractivity contribution in [3.05, 3.63) is 83.9 Å². The Morgan fingerprint density at radius 3 is 2.49 bits per heavy atom. The fourth-order valence-electron chi connectivity index (χ4n) is 3.93. The van der Waals surface area contributed by atoms with Crippen molar-refractivity contribution in [2.45, 2.75) is 43.8 Å². The van der Waals surface area contributed by atoms with Gasteiger partial charge in [-0.3, -0.25) is 9.10 Å². The van der Waals surface area contributed by atoms with Gasteiger partial charge in [-0.25, -0.2) is 8.42 Å². The first kappa shape index (κ1) is 24.8. The molecule has 1 unspecified atom stereocenters. The lowest BCUT2D eigenvalue weighted by Gasteiger charge is -2.36. The van der Waals surface area contributed by atoms with E-state index < -0.39 is 22.0 Å². The number of hydrogen-bond donors (Lipinski definition) is 1. The molecule has 1 heterocycles. The smallest absolute Gasteiger partial charge is 0.267 e. The molecule has 3 aromatic rings. The lowest BCUT2D eigenvalue weighted by atomic mass is 9.86. The lowest BCUT2D eigenvalue weighted by molar-refractivity contribution is -0.122. The molecule has 1 aliphatic rings. The van der Waals surface area contributed by atoms with Crippen LogP contribution in [0.2, 0.25) is 0 Å². The summed E-state index contributed by atoms with van der Waals surface area (Å²) >= 11 is 0. The average molecular weight is 495 g/mol. The van der Waals surface area contributed by atoms with Crippen molar-refractivity contribution in [1.29, 1.82) is 0 Å². The number of hydrogen-bond acceptors (Lipinski definition) is 5. The van der Waals surface area contributed by atoms with Crippen molar-refractivity contribution in [1.82, 2.24) is 0 Å². The number of sulfonamides is 1. The first-order valence-corrected chi connectivity index (χ1v) is 12.8. The van der Waals surface area contributed by atoms with Gasteiger partial charge in [0, 0.05) is 12.8 Å². The summed E-state index contributed by atoms with van der Waals surface area (Å²) in [4.78, 5) is 13.3. The van der Waals surface area contributed by atoms with E-state index in [9.17, 15) is 13.2 Å². The highest BCUT2D eigenvalue weighted by Gasteiger charge is 2.38. The normalized spacial score (nSPS) is 15.8. The third-order valence-electron chi connectivity index (χ3n) is 5.82. The Bertz CT molecular complexity index is 1320. The van der Waals surface area contributed by atoms with Crippen LogP contribution in [0, 0.1) is 0 Å². The molecule has 1 N–H and O–H groups in total. The van der Waals surface area contributed by atoms with E-state index in [1.54, 1.807) is 49.6 Å². The summed E-state index contributed by atoms with van der Waals surface area (Å²) in [5.74, 6) is -0.0876.